The molecule has 0 aliphatic carbocycles. The average Bonchev–Trinajstić information content (AvgIpc) is 2.59. The SMILES string of the molecule is CC(=O)c1ccc(-c2ccc3cc4ccccc4cc3n2)cc1. The van der Waals surface area contributed by atoms with Crippen molar-refractivity contribution in [2.45, 2.75) is 6.92 Å². The second-order valence-electron chi connectivity index (χ2n) is 5.72. The topological polar surface area (TPSA) is 30.0 Å². The summed E-state index contributed by atoms with van der Waals surface area (Å²) in [7, 11) is 0. The molecule has 0 aliphatic heterocycles. The minimum Gasteiger partial charge on any atom is -0.295 e. The minimum atomic E-state index is 0.0782. The van der Waals surface area contributed by atoms with Gasteiger partial charge in [-0.1, -0.05) is 54.6 Å². The van der Waals surface area contributed by atoms with Gasteiger partial charge in [-0.3, -0.25) is 4.79 Å². The average molecular weight is 297 g/mol. The van der Waals surface area contributed by atoms with Crippen molar-refractivity contribution in [3.63, 3.8) is 0 Å². The lowest BCUT2D eigenvalue weighted by molar-refractivity contribution is 0.101. The molecular formula is C21H15NO. The third-order valence-electron chi connectivity index (χ3n) is 4.14. The maximum atomic E-state index is 11.4. The van der Waals surface area contributed by atoms with Crippen molar-refractivity contribution in [2.24, 2.45) is 0 Å². The lowest BCUT2D eigenvalue weighted by atomic mass is 10.0. The van der Waals surface area contributed by atoms with E-state index in [4.69, 9.17) is 4.98 Å². The Morgan fingerprint density at radius 2 is 1.48 bits per heavy atom. The molecule has 1 aromatic heterocycles. The number of benzene rings is 3. The van der Waals surface area contributed by atoms with Crippen LogP contribution in [0.3, 0.4) is 0 Å². The number of ketones is 1. The zero-order valence-corrected chi connectivity index (χ0v) is 12.8. The number of pyridine rings is 1. The highest BCUT2D eigenvalue weighted by molar-refractivity contribution is 5.97. The molecule has 0 radical (unpaired) electrons. The van der Waals surface area contributed by atoms with Crippen LogP contribution in [-0.2, 0) is 0 Å². The van der Waals surface area contributed by atoms with Crippen LogP contribution < -0.4 is 0 Å². The van der Waals surface area contributed by atoms with E-state index in [1.54, 1.807) is 6.92 Å². The lowest BCUT2D eigenvalue weighted by Gasteiger charge is -2.06. The molecule has 4 rings (SSSR count). The van der Waals surface area contributed by atoms with Gasteiger partial charge >= 0.3 is 0 Å². The summed E-state index contributed by atoms with van der Waals surface area (Å²) >= 11 is 0. The van der Waals surface area contributed by atoms with Gasteiger partial charge in [-0.2, -0.15) is 0 Å². The fourth-order valence-corrected chi connectivity index (χ4v) is 2.85. The zero-order chi connectivity index (χ0) is 15.8. The molecule has 4 aromatic rings. The van der Waals surface area contributed by atoms with Gasteiger partial charge in [0, 0.05) is 16.5 Å². The molecule has 110 valence electrons. The number of carbonyl (C=O) groups excluding carboxylic acids is 1. The van der Waals surface area contributed by atoms with Crippen molar-refractivity contribution >= 4 is 27.5 Å². The van der Waals surface area contributed by atoms with E-state index >= 15 is 0 Å². The van der Waals surface area contributed by atoms with Crippen molar-refractivity contribution in [2.75, 3.05) is 0 Å². The van der Waals surface area contributed by atoms with Gasteiger partial charge in [-0.05, 0) is 35.9 Å². The molecule has 0 atom stereocenters. The number of nitrogens with zero attached hydrogens (tertiary/aromatic N) is 1. The fourth-order valence-electron chi connectivity index (χ4n) is 2.85. The molecule has 0 aliphatic rings. The second kappa shape index (κ2) is 5.33. The van der Waals surface area contributed by atoms with E-state index in [2.05, 4.69) is 30.3 Å². The first-order valence-corrected chi connectivity index (χ1v) is 7.62. The second-order valence-corrected chi connectivity index (χ2v) is 5.72. The molecule has 2 heteroatoms. The number of aromatic nitrogens is 1. The Morgan fingerprint density at radius 1 is 0.783 bits per heavy atom. The number of hydrogen-bond donors (Lipinski definition) is 0. The van der Waals surface area contributed by atoms with Gasteiger partial charge in [0.25, 0.3) is 0 Å². The number of carbonyl (C=O) groups is 1. The van der Waals surface area contributed by atoms with E-state index in [-0.39, 0.29) is 5.78 Å². The van der Waals surface area contributed by atoms with Crippen LogP contribution in [0, 0.1) is 0 Å². The van der Waals surface area contributed by atoms with Crippen LogP contribution in [-0.4, -0.2) is 10.8 Å². The van der Waals surface area contributed by atoms with E-state index in [0.29, 0.717) is 0 Å². The van der Waals surface area contributed by atoms with E-state index in [0.717, 1.165) is 27.7 Å². The Morgan fingerprint density at radius 3 is 2.17 bits per heavy atom. The molecule has 0 unspecified atom stereocenters. The van der Waals surface area contributed by atoms with E-state index in [1.165, 1.54) is 10.8 Å². The summed E-state index contributed by atoms with van der Waals surface area (Å²) in [5, 5.41) is 3.55. The van der Waals surface area contributed by atoms with Crippen LogP contribution in [0.2, 0.25) is 0 Å². The molecule has 3 aromatic carbocycles. The van der Waals surface area contributed by atoms with Gasteiger partial charge in [0.2, 0.25) is 0 Å². The molecule has 0 N–H and O–H groups in total. The lowest BCUT2D eigenvalue weighted by Crippen LogP contribution is -1.91. The predicted octanol–water partition coefficient (Wildman–Crippen LogP) is 5.26. The molecule has 0 amide bonds. The predicted molar refractivity (Wildman–Crippen MR) is 94.7 cm³/mol. The van der Waals surface area contributed by atoms with Gasteiger partial charge in [0.05, 0.1) is 11.2 Å². The number of fused-ring (bicyclic) bond motifs is 2. The van der Waals surface area contributed by atoms with E-state index < -0.39 is 0 Å². The molecule has 23 heavy (non-hydrogen) atoms. The van der Waals surface area contributed by atoms with Crippen molar-refractivity contribution in [1.29, 1.82) is 0 Å². The summed E-state index contributed by atoms with van der Waals surface area (Å²) < 4.78 is 0. The van der Waals surface area contributed by atoms with Crippen LogP contribution >= 0.6 is 0 Å². The summed E-state index contributed by atoms with van der Waals surface area (Å²) in [6.45, 7) is 1.58. The Labute approximate surface area is 134 Å². The number of Topliss-reactive ketones (excluding diaryl/α,β-unsaturated/α-hetero) is 1. The van der Waals surface area contributed by atoms with Gasteiger partial charge < -0.3 is 0 Å². The third kappa shape index (κ3) is 2.49. The first-order valence-electron chi connectivity index (χ1n) is 7.62. The van der Waals surface area contributed by atoms with Crippen molar-refractivity contribution in [3.05, 3.63) is 78.4 Å². The summed E-state index contributed by atoms with van der Waals surface area (Å²) in [5.41, 5.74) is 3.64. The first-order chi connectivity index (χ1) is 11.2. The van der Waals surface area contributed by atoms with Crippen LogP contribution in [0.25, 0.3) is 32.9 Å². The van der Waals surface area contributed by atoms with Gasteiger partial charge in [-0.25, -0.2) is 4.98 Å². The molecule has 1 heterocycles. The summed E-state index contributed by atoms with van der Waals surface area (Å²) in [5.74, 6) is 0.0782. The third-order valence-corrected chi connectivity index (χ3v) is 4.14. The highest BCUT2D eigenvalue weighted by Crippen LogP contribution is 2.25. The quantitative estimate of drug-likeness (QED) is 0.373. The number of rotatable bonds is 2. The van der Waals surface area contributed by atoms with Crippen LogP contribution in [0.15, 0.2) is 72.8 Å². The van der Waals surface area contributed by atoms with Crippen molar-refractivity contribution in [1.82, 2.24) is 4.98 Å². The standard InChI is InChI=1S/C21H15NO/c1-14(23)15-6-8-16(9-7-15)20-11-10-19-12-17-4-2-3-5-18(17)13-21(19)22-20/h2-13H,1H3. The molecule has 0 spiro atoms. The van der Waals surface area contributed by atoms with Gasteiger partial charge in [0.1, 0.15) is 0 Å². The zero-order valence-electron chi connectivity index (χ0n) is 12.8. The highest BCUT2D eigenvalue weighted by Gasteiger charge is 2.05. The Kier molecular flexibility index (Phi) is 3.16. The normalized spacial score (nSPS) is 11.0. The van der Waals surface area contributed by atoms with Crippen LogP contribution in [0.4, 0.5) is 0 Å². The first kappa shape index (κ1) is 13.6. The molecule has 0 bridgehead atoms. The maximum absolute atomic E-state index is 11.4. The molecular weight excluding hydrogens is 282 g/mol. The van der Waals surface area contributed by atoms with Crippen molar-refractivity contribution in [3.8, 4) is 11.3 Å². The van der Waals surface area contributed by atoms with Gasteiger partial charge in [0.15, 0.2) is 5.78 Å². The van der Waals surface area contributed by atoms with Crippen molar-refractivity contribution < 1.29 is 4.79 Å². The van der Waals surface area contributed by atoms with Crippen LogP contribution in [0.1, 0.15) is 17.3 Å². The minimum absolute atomic E-state index is 0.0782. The monoisotopic (exact) mass is 297 g/mol. The molecule has 2 nitrogen and oxygen atoms in total. The molecule has 0 saturated carbocycles. The Balaban J connectivity index is 1.84. The maximum Gasteiger partial charge on any atom is 0.159 e. The van der Waals surface area contributed by atoms with Crippen LogP contribution in [0.5, 0.6) is 0 Å². The smallest absolute Gasteiger partial charge is 0.159 e. The van der Waals surface area contributed by atoms with E-state index in [1.807, 2.05) is 42.5 Å². The Hall–Kier alpha value is -3.00. The Bertz CT molecular complexity index is 1030. The molecule has 0 fully saturated rings. The summed E-state index contributed by atoms with van der Waals surface area (Å²) in [6, 6.07) is 24.3. The summed E-state index contributed by atoms with van der Waals surface area (Å²) in [4.78, 5) is 16.2. The fraction of sp³-hybridized carbons (Fsp3) is 0.0476. The number of hydrogen-bond acceptors (Lipinski definition) is 2. The largest absolute Gasteiger partial charge is 0.295 e. The highest BCUT2D eigenvalue weighted by atomic mass is 16.1. The summed E-state index contributed by atoms with van der Waals surface area (Å²) in [6.07, 6.45) is 0. The van der Waals surface area contributed by atoms with E-state index in [9.17, 15) is 4.79 Å². The van der Waals surface area contributed by atoms with Gasteiger partial charge in [-0.15, -0.1) is 0 Å². The molecule has 0 saturated heterocycles.